The smallest absolute Gasteiger partial charge is 0.146 e. The van der Waals surface area contributed by atoms with Gasteiger partial charge in [0.15, 0.2) is 0 Å². The first-order valence-electron chi connectivity index (χ1n) is 7.23. The van der Waals surface area contributed by atoms with Gasteiger partial charge in [0.05, 0.1) is 0 Å². The molecule has 1 heterocycles. The van der Waals surface area contributed by atoms with E-state index in [4.69, 9.17) is 4.74 Å². The van der Waals surface area contributed by atoms with Gasteiger partial charge in [-0.1, -0.05) is 6.92 Å². The minimum absolute atomic E-state index is 0.0389. The van der Waals surface area contributed by atoms with E-state index in [1.54, 1.807) is 12.3 Å². The summed E-state index contributed by atoms with van der Waals surface area (Å²) < 4.78 is 21.2. The van der Waals surface area contributed by atoms with E-state index in [1.165, 1.54) is 12.1 Å². The van der Waals surface area contributed by atoms with Crippen molar-refractivity contribution in [3.63, 3.8) is 0 Å². The zero-order valence-corrected chi connectivity index (χ0v) is 12.8. The Morgan fingerprint density at radius 3 is 2.90 bits per heavy atom. The maximum absolute atomic E-state index is 13.5. The van der Waals surface area contributed by atoms with Crippen molar-refractivity contribution in [1.29, 1.82) is 0 Å². The molecule has 1 aromatic carbocycles. The first kappa shape index (κ1) is 15.5. The predicted molar refractivity (Wildman–Crippen MR) is 80.6 cm³/mol. The van der Waals surface area contributed by atoms with E-state index in [9.17, 15) is 4.39 Å². The second-order valence-corrected chi connectivity index (χ2v) is 5.10. The van der Waals surface area contributed by atoms with E-state index in [2.05, 4.69) is 17.2 Å². The molecule has 1 unspecified atom stereocenters. The Morgan fingerprint density at radius 1 is 1.43 bits per heavy atom. The van der Waals surface area contributed by atoms with E-state index < -0.39 is 0 Å². The highest BCUT2D eigenvalue weighted by Crippen LogP contribution is 2.26. The third kappa shape index (κ3) is 4.04. The van der Waals surface area contributed by atoms with Crippen molar-refractivity contribution >= 4 is 0 Å². The minimum Gasteiger partial charge on any atom is -0.485 e. The van der Waals surface area contributed by atoms with Crippen LogP contribution in [0.4, 0.5) is 4.39 Å². The third-order valence-corrected chi connectivity index (χ3v) is 3.42. The van der Waals surface area contributed by atoms with Gasteiger partial charge in [-0.15, -0.1) is 0 Å². The quantitative estimate of drug-likeness (QED) is 0.851. The molecule has 0 aliphatic heterocycles. The van der Waals surface area contributed by atoms with Crippen LogP contribution in [0.1, 0.15) is 37.7 Å². The molecule has 0 aliphatic carbocycles. The predicted octanol–water partition coefficient (Wildman–Crippen LogP) is 3.20. The monoisotopic (exact) mass is 291 g/mol. The fourth-order valence-electron chi connectivity index (χ4n) is 2.14. The molecule has 0 bridgehead atoms. The maximum atomic E-state index is 13.5. The average molecular weight is 291 g/mol. The largest absolute Gasteiger partial charge is 0.485 e. The standard InChI is InChI=1S/C16H22FN3O/c1-4-7-18-12(2)14-10-13(17)5-6-15(14)21-11-16-19-8-9-20(16)3/h5-6,8-10,12,18H,4,7,11H2,1-3H3. The van der Waals surface area contributed by atoms with Crippen molar-refractivity contribution in [3.05, 3.63) is 47.8 Å². The number of halogens is 1. The van der Waals surface area contributed by atoms with Gasteiger partial charge in [0, 0.05) is 31.0 Å². The van der Waals surface area contributed by atoms with Crippen LogP contribution in [0.3, 0.4) is 0 Å². The van der Waals surface area contributed by atoms with Crippen LogP contribution >= 0.6 is 0 Å². The lowest BCUT2D eigenvalue weighted by Gasteiger charge is -2.18. The molecule has 2 aromatic rings. The number of hydrogen-bond acceptors (Lipinski definition) is 3. The Hall–Kier alpha value is -1.88. The normalized spacial score (nSPS) is 12.4. The van der Waals surface area contributed by atoms with Crippen LogP contribution in [-0.4, -0.2) is 16.1 Å². The second-order valence-electron chi connectivity index (χ2n) is 5.10. The van der Waals surface area contributed by atoms with Gasteiger partial charge >= 0.3 is 0 Å². The van der Waals surface area contributed by atoms with Crippen molar-refractivity contribution in [2.75, 3.05) is 6.54 Å². The van der Waals surface area contributed by atoms with Crippen LogP contribution in [0.2, 0.25) is 0 Å². The fraction of sp³-hybridized carbons (Fsp3) is 0.438. The molecule has 1 N–H and O–H groups in total. The molecular formula is C16H22FN3O. The Balaban J connectivity index is 2.12. The van der Waals surface area contributed by atoms with E-state index in [-0.39, 0.29) is 11.9 Å². The summed E-state index contributed by atoms with van der Waals surface area (Å²) in [4.78, 5) is 4.22. The first-order valence-corrected chi connectivity index (χ1v) is 7.23. The van der Waals surface area contributed by atoms with Crippen molar-refractivity contribution in [3.8, 4) is 5.75 Å². The van der Waals surface area contributed by atoms with Crippen LogP contribution < -0.4 is 10.1 Å². The molecule has 0 radical (unpaired) electrons. The molecule has 0 spiro atoms. The summed E-state index contributed by atoms with van der Waals surface area (Å²) in [7, 11) is 1.92. The summed E-state index contributed by atoms with van der Waals surface area (Å²) in [5, 5.41) is 3.35. The number of aryl methyl sites for hydroxylation is 1. The maximum Gasteiger partial charge on any atom is 0.146 e. The van der Waals surface area contributed by atoms with Gasteiger partial charge in [0.25, 0.3) is 0 Å². The van der Waals surface area contributed by atoms with Gasteiger partial charge in [-0.3, -0.25) is 0 Å². The number of nitrogens with one attached hydrogen (secondary N) is 1. The minimum atomic E-state index is -0.250. The SMILES string of the molecule is CCCNC(C)c1cc(F)ccc1OCc1nccn1C. The summed E-state index contributed by atoms with van der Waals surface area (Å²) in [6, 6.07) is 4.67. The Kier molecular flexibility index (Phi) is 5.33. The summed E-state index contributed by atoms with van der Waals surface area (Å²) >= 11 is 0. The lowest BCUT2D eigenvalue weighted by Crippen LogP contribution is -2.20. The molecule has 0 saturated heterocycles. The summed E-state index contributed by atoms with van der Waals surface area (Å²) in [6.45, 7) is 5.36. The van der Waals surface area contributed by atoms with Crippen molar-refractivity contribution in [2.24, 2.45) is 7.05 Å². The van der Waals surface area contributed by atoms with Gasteiger partial charge in [-0.2, -0.15) is 0 Å². The Morgan fingerprint density at radius 2 is 2.24 bits per heavy atom. The number of benzene rings is 1. The molecule has 4 nitrogen and oxygen atoms in total. The molecule has 0 saturated carbocycles. The molecule has 114 valence electrons. The summed E-state index contributed by atoms with van der Waals surface area (Å²) in [6.07, 6.45) is 4.63. The van der Waals surface area contributed by atoms with Gasteiger partial charge < -0.3 is 14.6 Å². The number of rotatable bonds is 7. The van der Waals surface area contributed by atoms with Gasteiger partial charge in [0.2, 0.25) is 0 Å². The number of hydrogen-bond donors (Lipinski definition) is 1. The number of nitrogens with zero attached hydrogens (tertiary/aromatic N) is 2. The average Bonchev–Trinajstić information content (AvgIpc) is 2.88. The Bertz CT molecular complexity index is 583. The van der Waals surface area contributed by atoms with Crippen LogP contribution in [-0.2, 0) is 13.7 Å². The van der Waals surface area contributed by atoms with Crippen molar-refractivity contribution in [2.45, 2.75) is 32.9 Å². The zero-order chi connectivity index (χ0) is 15.2. The summed E-state index contributed by atoms with van der Waals surface area (Å²) in [5.41, 5.74) is 0.831. The van der Waals surface area contributed by atoms with E-state index in [0.29, 0.717) is 12.4 Å². The fourth-order valence-corrected chi connectivity index (χ4v) is 2.14. The molecular weight excluding hydrogens is 269 g/mol. The lowest BCUT2D eigenvalue weighted by molar-refractivity contribution is 0.285. The number of aromatic nitrogens is 2. The molecule has 0 fully saturated rings. The highest BCUT2D eigenvalue weighted by molar-refractivity contribution is 5.36. The topological polar surface area (TPSA) is 39.1 Å². The van der Waals surface area contributed by atoms with Gasteiger partial charge in [0.1, 0.15) is 24.0 Å². The Labute approximate surface area is 125 Å². The van der Waals surface area contributed by atoms with Crippen LogP contribution in [0.5, 0.6) is 5.75 Å². The lowest BCUT2D eigenvalue weighted by atomic mass is 10.1. The molecule has 5 heteroatoms. The van der Waals surface area contributed by atoms with Crippen LogP contribution in [0.15, 0.2) is 30.6 Å². The zero-order valence-electron chi connectivity index (χ0n) is 12.8. The van der Waals surface area contributed by atoms with Crippen molar-refractivity contribution in [1.82, 2.24) is 14.9 Å². The van der Waals surface area contributed by atoms with Crippen LogP contribution in [0, 0.1) is 5.82 Å². The highest BCUT2D eigenvalue weighted by Gasteiger charge is 2.13. The first-order chi connectivity index (χ1) is 10.1. The van der Waals surface area contributed by atoms with Crippen LogP contribution in [0.25, 0.3) is 0 Å². The molecule has 1 aromatic heterocycles. The third-order valence-electron chi connectivity index (χ3n) is 3.42. The molecule has 2 rings (SSSR count). The summed E-state index contributed by atoms with van der Waals surface area (Å²) in [5.74, 6) is 1.27. The molecule has 1 atom stereocenters. The van der Waals surface area contributed by atoms with Crippen molar-refractivity contribution < 1.29 is 9.13 Å². The van der Waals surface area contributed by atoms with E-state index >= 15 is 0 Å². The number of imidazole rings is 1. The van der Waals surface area contributed by atoms with E-state index in [1.807, 2.05) is 24.7 Å². The highest BCUT2D eigenvalue weighted by atomic mass is 19.1. The molecule has 0 amide bonds. The van der Waals surface area contributed by atoms with Gasteiger partial charge in [-0.25, -0.2) is 9.37 Å². The van der Waals surface area contributed by atoms with E-state index in [0.717, 1.165) is 24.4 Å². The number of ether oxygens (including phenoxy) is 1. The second kappa shape index (κ2) is 7.22. The molecule has 21 heavy (non-hydrogen) atoms. The van der Waals surface area contributed by atoms with Gasteiger partial charge in [-0.05, 0) is 38.1 Å². The molecule has 0 aliphatic rings.